The van der Waals surface area contributed by atoms with Gasteiger partial charge in [0, 0.05) is 20.0 Å². The van der Waals surface area contributed by atoms with Crippen molar-refractivity contribution >= 4 is 77.0 Å². The van der Waals surface area contributed by atoms with Crippen LogP contribution in [0.5, 0.6) is 0 Å². The molecule has 71 heavy (non-hydrogen) atoms. The zero-order chi connectivity index (χ0) is 54.7. The number of nitrogens with one attached hydrogen (secondary N) is 8. The highest BCUT2D eigenvalue weighted by molar-refractivity contribution is 5.99. The van der Waals surface area contributed by atoms with E-state index in [9.17, 15) is 73.2 Å². The van der Waals surface area contributed by atoms with Gasteiger partial charge in [-0.15, -0.1) is 0 Å². The van der Waals surface area contributed by atoms with Gasteiger partial charge in [0.2, 0.25) is 53.2 Å². The molecule has 0 heterocycles. The van der Waals surface area contributed by atoms with E-state index in [0.717, 1.165) is 13.8 Å². The predicted molar refractivity (Wildman–Crippen MR) is 252 cm³/mol. The second kappa shape index (κ2) is 32.4. The second-order valence-electron chi connectivity index (χ2n) is 17.3. The predicted octanol–water partition coefficient (Wildman–Crippen LogP) is -7.11. The molecular weight excluding hydrogens is 943 g/mol. The maximum Gasteiger partial charge on any atom is 0.305 e. The fraction of sp³-hybridized carbons (Fsp3) is 0.683. The standard InChI is InChI=1S/C41H73N15O15/c1-18(2)13-24(34(66)50-22(32(42)64)9-7-11-47-40(43)44)52-38(70)28(17-57)55-37(69)26(15-29(60)61)53-35(67)25(14-19(3)4)51-36(68)27(16-30(62)63)54-39(71)31(20(5)58)56-33(65)23(49-21(6)59)10-8-12-48-41(45)46/h18-20,22-28,31,57-58H,7-17H2,1-6H3,(H2,42,64)(H,49,59)(H,50,66)(H,51,68)(H,52,70)(H,53,67)(H,54,71)(H,55,69)(H,56,65)(H,60,61)(H,62,63)(H4,43,44,47)(H4,45,46,48)/t20-,22+,23+,24+,25+,26-,27+,28+,31+/m1/s1. The molecule has 402 valence electrons. The molecule has 0 unspecified atom stereocenters. The number of hydrogen-bond acceptors (Lipinski definition) is 15. The van der Waals surface area contributed by atoms with Crippen molar-refractivity contribution in [1.82, 2.24) is 42.5 Å². The molecule has 0 rings (SSSR count). The molecule has 0 saturated carbocycles. The number of primary amides is 1. The first-order valence-corrected chi connectivity index (χ1v) is 22.5. The van der Waals surface area contributed by atoms with E-state index >= 15 is 0 Å². The zero-order valence-corrected chi connectivity index (χ0v) is 40.7. The molecule has 30 heteroatoms. The van der Waals surface area contributed by atoms with Gasteiger partial charge in [-0.3, -0.25) is 62.7 Å². The van der Waals surface area contributed by atoms with Crippen molar-refractivity contribution < 1.29 is 73.2 Å². The Labute approximate surface area is 409 Å². The van der Waals surface area contributed by atoms with Crippen LogP contribution in [0, 0.1) is 11.8 Å². The van der Waals surface area contributed by atoms with Crippen LogP contribution in [0.4, 0.5) is 0 Å². The van der Waals surface area contributed by atoms with Gasteiger partial charge in [-0.2, -0.15) is 0 Å². The number of aliphatic carboxylic acids is 2. The van der Waals surface area contributed by atoms with Gasteiger partial charge < -0.3 is 91.6 Å². The minimum Gasteiger partial charge on any atom is -0.481 e. The summed E-state index contributed by atoms with van der Waals surface area (Å²) in [5.41, 5.74) is 26.7. The lowest BCUT2D eigenvalue weighted by Crippen LogP contribution is -2.62. The number of rotatable bonds is 34. The summed E-state index contributed by atoms with van der Waals surface area (Å²) >= 11 is 0. The Hall–Kier alpha value is -7.37. The van der Waals surface area contributed by atoms with Crippen molar-refractivity contribution in [2.75, 3.05) is 19.7 Å². The number of carboxylic acids is 2. The van der Waals surface area contributed by atoms with Crippen LogP contribution >= 0.6 is 0 Å². The topological polar surface area (TPSA) is 520 Å². The first-order valence-electron chi connectivity index (χ1n) is 22.5. The lowest BCUT2D eigenvalue weighted by molar-refractivity contribution is -0.142. The molecule has 0 spiro atoms. The van der Waals surface area contributed by atoms with E-state index in [1.54, 1.807) is 27.7 Å². The normalized spacial score (nSPS) is 14.7. The van der Waals surface area contributed by atoms with E-state index in [1.807, 2.05) is 0 Å². The zero-order valence-electron chi connectivity index (χ0n) is 40.7. The lowest BCUT2D eigenvalue weighted by Gasteiger charge is -2.28. The van der Waals surface area contributed by atoms with Crippen LogP contribution in [-0.2, 0) is 52.7 Å². The van der Waals surface area contributed by atoms with Gasteiger partial charge in [0.25, 0.3) is 0 Å². The average Bonchev–Trinajstić information content (AvgIpc) is 3.24. The molecule has 30 nitrogen and oxygen atoms in total. The monoisotopic (exact) mass is 1020 g/mol. The van der Waals surface area contributed by atoms with Crippen molar-refractivity contribution in [2.24, 2.45) is 50.5 Å². The van der Waals surface area contributed by atoms with E-state index in [1.165, 1.54) is 0 Å². The molecule has 0 saturated heterocycles. The van der Waals surface area contributed by atoms with Crippen molar-refractivity contribution in [3.63, 3.8) is 0 Å². The summed E-state index contributed by atoms with van der Waals surface area (Å²) in [6.45, 7) is 7.93. The van der Waals surface area contributed by atoms with Gasteiger partial charge in [0.1, 0.15) is 48.3 Å². The number of amides is 9. The Morgan fingerprint density at radius 3 is 1.15 bits per heavy atom. The molecule has 0 aromatic heterocycles. The molecule has 0 bridgehead atoms. The molecule has 0 aromatic carbocycles. The Morgan fingerprint density at radius 2 is 0.803 bits per heavy atom. The third-order valence-electron chi connectivity index (χ3n) is 9.83. The average molecular weight is 1020 g/mol. The smallest absolute Gasteiger partial charge is 0.305 e. The summed E-state index contributed by atoms with van der Waals surface area (Å²) in [5.74, 6) is -13.8. The van der Waals surface area contributed by atoms with E-state index in [4.69, 9.17) is 28.7 Å². The van der Waals surface area contributed by atoms with Crippen LogP contribution in [0.3, 0.4) is 0 Å². The quantitative estimate of drug-likeness (QED) is 0.0162. The van der Waals surface area contributed by atoms with Crippen LogP contribution < -0.4 is 71.2 Å². The van der Waals surface area contributed by atoms with Crippen molar-refractivity contribution in [1.29, 1.82) is 0 Å². The van der Waals surface area contributed by atoms with E-state index < -0.39 is 145 Å². The van der Waals surface area contributed by atoms with E-state index in [0.29, 0.717) is 0 Å². The van der Waals surface area contributed by atoms with Crippen molar-refractivity contribution in [2.45, 2.75) is 147 Å². The number of aliphatic imine (C=N–C) groups is 2. The molecule has 0 aromatic rings. The Balaban J connectivity index is 6.40. The summed E-state index contributed by atoms with van der Waals surface area (Å²) in [7, 11) is 0. The van der Waals surface area contributed by atoms with Crippen LogP contribution in [0.1, 0.15) is 92.9 Å². The van der Waals surface area contributed by atoms with E-state index in [-0.39, 0.29) is 69.5 Å². The minimum atomic E-state index is -1.99. The molecule has 0 fully saturated rings. The highest BCUT2D eigenvalue weighted by Gasteiger charge is 2.37. The van der Waals surface area contributed by atoms with Gasteiger partial charge in [0.15, 0.2) is 11.9 Å². The molecule has 0 aliphatic rings. The summed E-state index contributed by atoms with van der Waals surface area (Å²) in [6.07, 6.45) is -3.70. The number of aliphatic hydroxyl groups excluding tert-OH is 2. The molecule has 22 N–H and O–H groups in total. The minimum absolute atomic E-state index is 0.0114. The Kier molecular flexibility index (Phi) is 29.1. The molecular formula is C41H73N15O15. The highest BCUT2D eigenvalue weighted by Crippen LogP contribution is 2.11. The molecule has 9 amide bonds. The summed E-state index contributed by atoms with van der Waals surface area (Å²) < 4.78 is 0. The van der Waals surface area contributed by atoms with Crippen LogP contribution in [0.2, 0.25) is 0 Å². The maximum atomic E-state index is 13.8. The first-order chi connectivity index (χ1) is 33.0. The lowest BCUT2D eigenvalue weighted by atomic mass is 10.0. The van der Waals surface area contributed by atoms with Gasteiger partial charge >= 0.3 is 11.9 Å². The summed E-state index contributed by atoms with van der Waals surface area (Å²) in [4.78, 5) is 150. The molecule has 0 radical (unpaired) electrons. The fourth-order valence-electron chi connectivity index (χ4n) is 6.46. The van der Waals surface area contributed by atoms with Gasteiger partial charge in [0.05, 0.1) is 25.6 Å². The second-order valence-corrected chi connectivity index (χ2v) is 17.3. The SMILES string of the molecule is CC(=O)N[C@@H](CCCN=C(N)N)C(=O)N[C@H](C(=O)N[C@@H](CC(=O)O)C(=O)N[C@@H](CC(C)C)C(=O)N[C@H](CC(=O)O)C(=O)N[C@@H](CO)C(=O)N[C@@H](CC(C)C)C(=O)N[C@@H](CCCN=C(N)N)C(N)=O)[C@@H](C)O. The van der Waals surface area contributed by atoms with Gasteiger partial charge in [-0.25, -0.2) is 0 Å². The largest absolute Gasteiger partial charge is 0.481 e. The fourth-order valence-corrected chi connectivity index (χ4v) is 6.46. The molecule has 0 aliphatic carbocycles. The summed E-state index contributed by atoms with van der Waals surface area (Å²) in [6, 6.07) is -13.1. The Bertz CT molecular complexity index is 1920. The number of hydrogen-bond donors (Lipinski definition) is 17. The first kappa shape index (κ1) is 63.6. The van der Waals surface area contributed by atoms with E-state index in [2.05, 4.69) is 52.5 Å². The number of carbonyl (C=O) groups excluding carboxylic acids is 9. The number of carboxylic acid groups (broad SMARTS) is 2. The third-order valence-corrected chi connectivity index (χ3v) is 9.83. The van der Waals surface area contributed by atoms with Gasteiger partial charge in [-0.05, 0) is 57.3 Å². The molecule has 0 aliphatic heterocycles. The number of guanidine groups is 2. The van der Waals surface area contributed by atoms with Gasteiger partial charge in [-0.1, -0.05) is 27.7 Å². The number of aliphatic hydroxyl groups is 2. The number of nitrogens with zero attached hydrogens (tertiary/aromatic N) is 2. The van der Waals surface area contributed by atoms with Crippen LogP contribution in [0.25, 0.3) is 0 Å². The third kappa shape index (κ3) is 26.8. The number of carbonyl (C=O) groups is 11. The Morgan fingerprint density at radius 1 is 0.465 bits per heavy atom. The van der Waals surface area contributed by atoms with Crippen molar-refractivity contribution in [3.05, 3.63) is 0 Å². The van der Waals surface area contributed by atoms with Crippen LogP contribution in [0.15, 0.2) is 9.98 Å². The molecule has 9 atom stereocenters. The van der Waals surface area contributed by atoms with Crippen LogP contribution in [-0.4, -0.2) is 172 Å². The maximum absolute atomic E-state index is 13.8. The summed E-state index contributed by atoms with van der Waals surface area (Å²) in [5, 5.41) is 58.1. The number of nitrogens with two attached hydrogens (primary N) is 5. The highest BCUT2D eigenvalue weighted by atomic mass is 16.4. The van der Waals surface area contributed by atoms with Crippen molar-refractivity contribution in [3.8, 4) is 0 Å².